The summed E-state index contributed by atoms with van der Waals surface area (Å²) >= 11 is 0. The molecule has 0 bridgehead atoms. The van der Waals surface area contributed by atoms with E-state index in [-0.39, 0.29) is 0 Å². The van der Waals surface area contributed by atoms with Crippen molar-refractivity contribution in [3.8, 4) is 11.3 Å². The van der Waals surface area contributed by atoms with Gasteiger partial charge in [0, 0.05) is 5.56 Å². The number of fused-ring (bicyclic) bond motifs is 1. The molecule has 90 valence electrons. The maximum Gasteiger partial charge on any atom is 0.253 e. The van der Waals surface area contributed by atoms with Crippen LogP contribution >= 0.6 is 0 Å². The van der Waals surface area contributed by atoms with E-state index in [1.165, 1.54) is 0 Å². The van der Waals surface area contributed by atoms with Crippen LogP contribution in [0.5, 0.6) is 0 Å². The zero-order valence-electron chi connectivity index (χ0n) is 9.83. The number of aromatic nitrogens is 4. The molecule has 2 heterocycles. The summed E-state index contributed by atoms with van der Waals surface area (Å²) in [6.07, 6.45) is 1.85. The number of nitrogens with zero attached hydrogens (tertiary/aromatic N) is 4. The third kappa shape index (κ3) is 1.68. The van der Waals surface area contributed by atoms with Crippen molar-refractivity contribution < 1.29 is 0 Å². The third-order valence-corrected chi connectivity index (χ3v) is 2.69. The van der Waals surface area contributed by atoms with Crippen LogP contribution in [0.1, 0.15) is 5.69 Å². The van der Waals surface area contributed by atoms with Crippen LogP contribution in [0.15, 0.2) is 36.5 Å². The minimum atomic E-state index is 0.521. The molecule has 0 unspecified atom stereocenters. The number of rotatable bonds is 2. The van der Waals surface area contributed by atoms with Crippen molar-refractivity contribution in [2.24, 2.45) is 5.84 Å². The van der Waals surface area contributed by atoms with Crippen molar-refractivity contribution >= 4 is 11.6 Å². The van der Waals surface area contributed by atoms with Crippen molar-refractivity contribution in [2.45, 2.75) is 6.92 Å². The zero-order chi connectivity index (χ0) is 12.5. The van der Waals surface area contributed by atoms with E-state index in [2.05, 4.69) is 20.5 Å². The van der Waals surface area contributed by atoms with E-state index < -0.39 is 0 Å². The minimum absolute atomic E-state index is 0.521. The highest BCUT2D eigenvalue weighted by Crippen LogP contribution is 2.18. The highest BCUT2D eigenvalue weighted by Gasteiger charge is 2.08. The predicted octanol–water partition coefficient (Wildman–Crippen LogP) is 1.39. The normalized spacial score (nSPS) is 10.8. The molecule has 3 aromatic rings. The molecule has 3 N–H and O–H groups in total. The quantitative estimate of drug-likeness (QED) is 0.522. The SMILES string of the molecule is Cc1nn2cc(-c3ccccc3)nc2nc1NN. The standard InChI is InChI=1S/C12H12N6/c1-8-11(16-13)15-12-14-10(7-18(12)17-8)9-5-3-2-4-6-9/h2-7H,13H2,1H3,(H,14,15,16). The van der Waals surface area contributed by atoms with Gasteiger partial charge in [0.15, 0.2) is 5.82 Å². The van der Waals surface area contributed by atoms with Gasteiger partial charge in [-0.05, 0) is 6.92 Å². The second-order valence-corrected chi connectivity index (χ2v) is 3.93. The Morgan fingerprint density at radius 2 is 1.94 bits per heavy atom. The number of hydrogen-bond acceptors (Lipinski definition) is 5. The van der Waals surface area contributed by atoms with Crippen molar-refractivity contribution in [3.05, 3.63) is 42.2 Å². The first kappa shape index (κ1) is 10.7. The lowest BCUT2D eigenvalue weighted by Gasteiger charge is -2.01. The number of imidazole rings is 1. The summed E-state index contributed by atoms with van der Waals surface area (Å²) < 4.78 is 1.65. The molecular weight excluding hydrogens is 228 g/mol. The van der Waals surface area contributed by atoms with Crippen molar-refractivity contribution in [2.75, 3.05) is 5.43 Å². The molecule has 0 spiro atoms. The second-order valence-electron chi connectivity index (χ2n) is 3.93. The van der Waals surface area contributed by atoms with Gasteiger partial charge in [-0.2, -0.15) is 10.1 Å². The van der Waals surface area contributed by atoms with E-state index in [4.69, 9.17) is 5.84 Å². The van der Waals surface area contributed by atoms with Gasteiger partial charge in [0.2, 0.25) is 0 Å². The summed E-state index contributed by atoms with van der Waals surface area (Å²) in [5, 5.41) is 4.34. The number of hydrogen-bond donors (Lipinski definition) is 2. The Labute approximate surface area is 103 Å². The highest BCUT2D eigenvalue weighted by molar-refractivity contribution is 5.61. The Morgan fingerprint density at radius 1 is 1.17 bits per heavy atom. The molecular formula is C12H12N6. The first-order chi connectivity index (χ1) is 8.78. The molecule has 0 fully saturated rings. The smallest absolute Gasteiger partial charge is 0.253 e. The Bertz CT molecular complexity index is 688. The molecule has 0 aliphatic carbocycles. The van der Waals surface area contributed by atoms with Gasteiger partial charge in [-0.3, -0.25) is 0 Å². The van der Waals surface area contributed by atoms with E-state index in [1.807, 2.05) is 43.5 Å². The summed E-state index contributed by atoms with van der Waals surface area (Å²) in [4.78, 5) is 8.72. The van der Waals surface area contributed by atoms with Crippen LogP contribution in [-0.2, 0) is 0 Å². The van der Waals surface area contributed by atoms with E-state index in [1.54, 1.807) is 4.52 Å². The van der Waals surface area contributed by atoms with Crippen LogP contribution in [0.2, 0.25) is 0 Å². The molecule has 0 amide bonds. The molecule has 6 heteroatoms. The summed E-state index contributed by atoms with van der Waals surface area (Å²) in [5.74, 6) is 6.43. The van der Waals surface area contributed by atoms with Crippen LogP contribution in [0.25, 0.3) is 17.0 Å². The first-order valence-corrected chi connectivity index (χ1v) is 5.54. The molecule has 0 radical (unpaired) electrons. The number of hydrazine groups is 1. The maximum absolute atomic E-state index is 5.37. The summed E-state index contributed by atoms with van der Waals surface area (Å²) in [6.45, 7) is 1.84. The average Bonchev–Trinajstić information content (AvgIpc) is 2.81. The van der Waals surface area contributed by atoms with E-state index in [0.717, 1.165) is 17.0 Å². The molecule has 3 rings (SSSR count). The summed E-state index contributed by atoms with van der Waals surface area (Å²) in [6, 6.07) is 9.90. The number of anilines is 1. The summed E-state index contributed by atoms with van der Waals surface area (Å²) in [7, 11) is 0. The Hall–Kier alpha value is -2.47. The first-order valence-electron chi connectivity index (χ1n) is 5.54. The minimum Gasteiger partial charge on any atom is -0.307 e. The Morgan fingerprint density at radius 3 is 2.67 bits per heavy atom. The number of nitrogen functional groups attached to an aromatic ring is 1. The molecule has 0 atom stereocenters. The largest absolute Gasteiger partial charge is 0.307 e. The van der Waals surface area contributed by atoms with Crippen molar-refractivity contribution in [3.63, 3.8) is 0 Å². The van der Waals surface area contributed by atoms with Gasteiger partial charge in [-0.15, -0.1) is 0 Å². The lowest BCUT2D eigenvalue weighted by molar-refractivity contribution is 0.869. The molecule has 2 aromatic heterocycles. The van der Waals surface area contributed by atoms with E-state index in [0.29, 0.717) is 11.6 Å². The Kier molecular flexibility index (Phi) is 2.42. The molecule has 18 heavy (non-hydrogen) atoms. The number of benzene rings is 1. The summed E-state index contributed by atoms with van der Waals surface area (Å²) in [5.41, 5.74) is 5.10. The number of nitrogens with two attached hydrogens (primary N) is 1. The maximum atomic E-state index is 5.37. The fourth-order valence-electron chi connectivity index (χ4n) is 1.79. The van der Waals surface area contributed by atoms with Crippen LogP contribution in [0.4, 0.5) is 5.82 Å². The molecule has 0 saturated heterocycles. The molecule has 0 saturated carbocycles. The lowest BCUT2D eigenvalue weighted by Crippen LogP contribution is -2.12. The van der Waals surface area contributed by atoms with E-state index in [9.17, 15) is 0 Å². The van der Waals surface area contributed by atoms with Gasteiger partial charge >= 0.3 is 0 Å². The van der Waals surface area contributed by atoms with Crippen LogP contribution < -0.4 is 11.3 Å². The van der Waals surface area contributed by atoms with Gasteiger partial charge in [0.25, 0.3) is 5.78 Å². The predicted molar refractivity (Wildman–Crippen MR) is 68.8 cm³/mol. The lowest BCUT2D eigenvalue weighted by atomic mass is 10.2. The topological polar surface area (TPSA) is 81.1 Å². The second kappa shape index (κ2) is 4.08. The molecule has 0 aliphatic rings. The van der Waals surface area contributed by atoms with Crippen LogP contribution in [0.3, 0.4) is 0 Å². The fourth-order valence-corrected chi connectivity index (χ4v) is 1.79. The molecule has 1 aromatic carbocycles. The average molecular weight is 240 g/mol. The zero-order valence-corrected chi connectivity index (χ0v) is 9.83. The van der Waals surface area contributed by atoms with Crippen LogP contribution in [-0.4, -0.2) is 19.6 Å². The van der Waals surface area contributed by atoms with Crippen LogP contribution in [0, 0.1) is 6.92 Å². The van der Waals surface area contributed by atoms with Gasteiger partial charge in [-0.1, -0.05) is 30.3 Å². The van der Waals surface area contributed by atoms with Gasteiger partial charge in [0.05, 0.1) is 11.9 Å². The van der Waals surface area contributed by atoms with Gasteiger partial charge in [0.1, 0.15) is 5.69 Å². The number of aryl methyl sites for hydroxylation is 1. The Balaban J connectivity index is 2.17. The molecule has 6 nitrogen and oxygen atoms in total. The molecule has 0 aliphatic heterocycles. The monoisotopic (exact) mass is 240 g/mol. The number of nitrogens with one attached hydrogen (secondary N) is 1. The third-order valence-electron chi connectivity index (χ3n) is 2.69. The van der Waals surface area contributed by atoms with Crippen molar-refractivity contribution in [1.29, 1.82) is 0 Å². The fraction of sp³-hybridized carbons (Fsp3) is 0.0833. The van der Waals surface area contributed by atoms with Gasteiger partial charge < -0.3 is 5.43 Å². The van der Waals surface area contributed by atoms with Crippen molar-refractivity contribution in [1.82, 2.24) is 19.6 Å². The van der Waals surface area contributed by atoms with Gasteiger partial charge in [-0.25, -0.2) is 15.3 Å². The highest BCUT2D eigenvalue weighted by atomic mass is 15.3. The van der Waals surface area contributed by atoms with E-state index >= 15 is 0 Å².